The maximum atomic E-state index is 12.7. The second-order valence-corrected chi connectivity index (χ2v) is 9.60. The third-order valence-corrected chi connectivity index (χ3v) is 6.63. The number of carboxylic acid groups (broad SMARTS) is 1. The quantitative estimate of drug-likeness (QED) is 0.182. The number of carbonyl (C=O) groups is 2. The van der Waals surface area contributed by atoms with Gasteiger partial charge in [0.25, 0.3) is 0 Å². The zero-order valence-electron chi connectivity index (χ0n) is 20.4. The molecule has 0 saturated carbocycles. The van der Waals surface area contributed by atoms with Crippen molar-refractivity contribution >= 4 is 11.9 Å². The number of rotatable bonds is 19. The molecule has 0 spiro atoms. The lowest BCUT2D eigenvalue weighted by molar-refractivity contribution is -0.156. The molecule has 1 atom stereocenters. The average Bonchev–Trinajstić information content (AvgIpc) is 2.74. The summed E-state index contributed by atoms with van der Waals surface area (Å²) >= 11 is 0. The first kappa shape index (κ1) is 27.9. The maximum absolute atomic E-state index is 12.7. The van der Waals surface area contributed by atoms with Gasteiger partial charge < -0.3 is 14.7 Å². The molecule has 1 N–H and O–H groups in total. The molecule has 31 heavy (non-hydrogen) atoms. The summed E-state index contributed by atoms with van der Waals surface area (Å²) in [6.45, 7) is 4.23. The van der Waals surface area contributed by atoms with Crippen LogP contribution in [0.4, 0.5) is 0 Å². The number of esters is 1. The van der Waals surface area contributed by atoms with Crippen LogP contribution in [0.15, 0.2) is 0 Å². The monoisotopic (exact) mass is 439 g/mol. The molecule has 0 radical (unpaired) electrons. The summed E-state index contributed by atoms with van der Waals surface area (Å²) in [5.41, 5.74) is 0. The van der Waals surface area contributed by atoms with E-state index in [0.29, 0.717) is 0 Å². The molecule has 182 valence electrons. The predicted octanol–water partition coefficient (Wildman–Crippen LogP) is 6.59. The van der Waals surface area contributed by atoms with E-state index in [1.807, 2.05) is 0 Å². The van der Waals surface area contributed by atoms with Crippen LogP contribution in [0.25, 0.3) is 0 Å². The molecule has 1 fully saturated rings. The first-order valence-electron chi connectivity index (χ1n) is 13.1. The standard InChI is InChI=1S/C26H49NO4/c1-3-4-5-6-7-10-13-16-24(17-14-11-8-9-12-15-18-25(28)29)31-26(30)23-19-21-27(2)22-20-23/h23-24H,3-22H2,1-2H3,(H,28,29). The first-order chi connectivity index (χ1) is 15.0. The summed E-state index contributed by atoms with van der Waals surface area (Å²) < 4.78 is 6.02. The fourth-order valence-electron chi connectivity index (χ4n) is 4.45. The molecule has 5 nitrogen and oxygen atoms in total. The zero-order chi connectivity index (χ0) is 22.7. The largest absolute Gasteiger partial charge is 0.481 e. The Bertz CT molecular complexity index is 460. The van der Waals surface area contributed by atoms with Crippen LogP contribution in [-0.2, 0) is 14.3 Å². The molecule has 0 aromatic carbocycles. The molecule has 0 bridgehead atoms. The Morgan fingerprint density at radius 1 is 0.839 bits per heavy atom. The molecule has 0 aromatic heterocycles. The van der Waals surface area contributed by atoms with Crippen molar-refractivity contribution in [3.8, 4) is 0 Å². The van der Waals surface area contributed by atoms with Crippen LogP contribution >= 0.6 is 0 Å². The van der Waals surface area contributed by atoms with E-state index in [-0.39, 0.29) is 24.4 Å². The Morgan fingerprint density at radius 3 is 1.84 bits per heavy atom. The van der Waals surface area contributed by atoms with Crippen molar-refractivity contribution in [3.05, 3.63) is 0 Å². The molecular formula is C26H49NO4. The predicted molar refractivity (Wildman–Crippen MR) is 127 cm³/mol. The SMILES string of the molecule is CCCCCCCCCC(CCCCCCCCC(=O)O)OC(=O)C1CCN(C)CC1. The van der Waals surface area contributed by atoms with Gasteiger partial charge in [-0.25, -0.2) is 0 Å². The minimum Gasteiger partial charge on any atom is -0.481 e. The van der Waals surface area contributed by atoms with E-state index in [9.17, 15) is 9.59 Å². The van der Waals surface area contributed by atoms with Gasteiger partial charge in [0.2, 0.25) is 0 Å². The van der Waals surface area contributed by atoms with Gasteiger partial charge in [-0.05, 0) is 65.1 Å². The highest BCUT2D eigenvalue weighted by Crippen LogP contribution is 2.22. The van der Waals surface area contributed by atoms with Crippen LogP contribution in [0.2, 0.25) is 0 Å². The number of carboxylic acids is 1. The van der Waals surface area contributed by atoms with E-state index in [1.54, 1.807) is 0 Å². The number of piperidine rings is 1. The third kappa shape index (κ3) is 15.4. The Kier molecular flexibility index (Phi) is 16.6. The highest BCUT2D eigenvalue weighted by Gasteiger charge is 2.26. The fourth-order valence-corrected chi connectivity index (χ4v) is 4.45. The average molecular weight is 440 g/mol. The molecule has 1 heterocycles. The van der Waals surface area contributed by atoms with Crippen molar-refractivity contribution in [2.75, 3.05) is 20.1 Å². The number of carbonyl (C=O) groups excluding carboxylic acids is 1. The van der Waals surface area contributed by atoms with Crippen molar-refractivity contribution in [1.29, 1.82) is 0 Å². The first-order valence-corrected chi connectivity index (χ1v) is 13.1. The number of nitrogens with zero attached hydrogens (tertiary/aromatic N) is 1. The Morgan fingerprint density at radius 2 is 1.32 bits per heavy atom. The highest BCUT2D eigenvalue weighted by molar-refractivity contribution is 5.72. The summed E-state index contributed by atoms with van der Waals surface area (Å²) in [7, 11) is 2.12. The highest BCUT2D eigenvalue weighted by atomic mass is 16.5. The smallest absolute Gasteiger partial charge is 0.309 e. The van der Waals surface area contributed by atoms with Crippen LogP contribution in [0.5, 0.6) is 0 Å². The van der Waals surface area contributed by atoms with Crippen molar-refractivity contribution in [2.45, 2.75) is 129 Å². The summed E-state index contributed by atoms with van der Waals surface area (Å²) in [6.07, 6.45) is 19.5. The van der Waals surface area contributed by atoms with Crippen LogP contribution in [0.3, 0.4) is 0 Å². The Hall–Kier alpha value is -1.10. The lowest BCUT2D eigenvalue weighted by Gasteiger charge is -2.29. The van der Waals surface area contributed by atoms with Gasteiger partial charge in [-0.2, -0.15) is 0 Å². The number of hydrogen-bond donors (Lipinski definition) is 1. The minimum atomic E-state index is -0.695. The second kappa shape index (κ2) is 18.5. The van der Waals surface area contributed by atoms with Gasteiger partial charge in [-0.1, -0.05) is 71.1 Å². The van der Waals surface area contributed by atoms with Gasteiger partial charge >= 0.3 is 11.9 Å². The Balaban J connectivity index is 2.27. The van der Waals surface area contributed by atoms with E-state index in [0.717, 1.165) is 83.7 Å². The second-order valence-electron chi connectivity index (χ2n) is 9.60. The van der Waals surface area contributed by atoms with Gasteiger partial charge in [0, 0.05) is 6.42 Å². The number of ether oxygens (including phenoxy) is 1. The van der Waals surface area contributed by atoms with Crippen molar-refractivity contribution in [3.63, 3.8) is 0 Å². The van der Waals surface area contributed by atoms with Crippen LogP contribution in [0.1, 0.15) is 122 Å². The van der Waals surface area contributed by atoms with Crippen molar-refractivity contribution in [2.24, 2.45) is 5.92 Å². The van der Waals surface area contributed by atoms with Gasteiger partial charge in [-0.3, -0.25) is 9.59 Å². The van der Waals surface area contributed by atoms with E-state index in [2.05, 4.69) is 18.9 Å². The molecule has 0 aliphatic carbocycles. The van der Waals surface area contributed by atoms with E-state index >= 15 is 0 Å². The molecule has 5 heteroatoms. The van der Waals surface area contributed by atoms with Crippen LogP contribution in [-0.4, -0.2) is 48.2 Å². The molecule has 1 aliphatic rings. The molecule has 1 aliphatic heterocycles. The van der Waals surface area contributed by atoms with E-state index in [1.165, 1.54) is 38.5 Å². The van der Waals surface area contributed by atoms with Crippen LogP contribution < -0.4 is 0 Å². The number of hydrogen-bond acceptors (Lipinski definition) is 4. The molecular weight excluding hydrogens is 390 g/mol. The van der Waals surface area contributed by atoms with Crippen molar-refractivity contribution in [1.82, 2.24) is 4.90 Å². The lowest BCUT2D eigenvalue weighted by Crippen LogP contribution is -2.35. The van der Waals surface area contributed by atoms with E-state index < -0.39 is 5.97 Å². The van der Waals surface area contributed by atoms with E-state index in [4.69, 9.17) is 9.84 Å². The molecule has 0 amide bonds. The minimum absolute atomic E-state index is 0.0368. The topological polar surface area (TPSA) is 66.8 Å². The Labute approximate surface area is 191 Å². The van der Waals surface area contributed by atoms with Gasteiger partial charge in [0.1, 0.15) is 6.10 Å². The maximum Gasteiger partial charge on any atom is 0.309 e. The van der Waals surface area contributed by atoms with Crippen molar-refractivity contribution < 1.29 is 19.4 Å². The third-order valence-electron chi connectivity index (χ3n) is 6.63. The van der Waals surface area contributed by atoms with Crippen LogP contribution in [0, 0.1) is 5.92 Å². The number of likely N-dealkylation sites (tertiary alicyclic amines) is 1. The van der Waals surface area contributed by atoms with Gasteiger partial charge in [0.15, 0.2) is 0 Å². The number of aliphatic carboxylic acids is 1. The summed E-state index contributed by atoms with van der Waals surface area (Å²) in [4.78, 5) is 25.5. The molecule has 1 rings (SSSR count). The van der Waals surface area contributed by atoms with Gasteiger partial charge in [0.05, 0.1) is 5.92 Å². The zero-order valence-corrected chi connectivity index (χ0v) is 20.4. The molecule has 1 saturated heterocycles. The normalized spacial score (nSPS) is 16.3. The van der Waals surface area contributed by atoms with Gasteiger partial charge in [-0.15, -0.1) is 0 Å². The molecule has 0 aromatic rings. The summed E-state index contributed by atoms with van der Waals surface area (Å²) in [5, 5.41) is 8.69. The molecule has 1 unspecified atom stereocenters. The fraction of sp³-hybridized carbons (Fsp3) is 0.923. The summed E-state index contributed by atoms with van der Waals surface area (Å²) in [6, 6.07) is 0. The lowest BCUT2D eigenvalue weighted by atomic mass is 9.97. The number of unbranched alkanes of at least 4 members (excludes halogenated alkanes) is 11. The summed E-state index contributed by atoms with van der Waals surface area (Å²) in [5.74, 6) is -0.573.